The summed E-state index contributed by atoms with van der Waals surface area (Å²) in [7, 11) is 0. The van der Waals surface area contributed by atoms with Crippen LogP contribution in [-0.2, 0) is 0 Å². The lowest BCUT2D eigenvalue weighted by molar-refractivity contribution is 0.156. The van der Waals surface area contributed by atoms with Gasteiger partial charge < -0.3 is 5.32 Å². The molecule has 0 radical (unpaired) electrons. The minimum atomic E-state index is 0.877. The van der Waals surface area contributed by atoms with Gasteiger partial charge in [-0.1, -0.05) is 66.2 Å². The Balaban J connectivity index is 2.40. The molecular weight excluding hydrogens is 230 g/mol. The van der Waals surface area contributed by atoms with Crippen LogP contribution in [0.2, 0.25) is 0 Å². The van der Waals surface area contributed by atoms with E-state index in [1.54, 1.807) is 0 Å². The van der Waals surface area contributed by atoms with Crippen molar-refractivity contribution in [2.24, 2.45) is 23.7 Å². The maximum Gasteiger partial charge on any atom is -0.00180 e. The van der Waals surface area contributed by atoms with E-state index in [1.165, 1.54) is 57.9 Å². The van der Waals surface area contributed by atoms with Crippen molar-refractivity contribution in [2.75, 3.05) is 13.1 Å². The predicted molar refractivity (Wildman–Crippen MR) is 86.5 cm³/mol. The zero-order chi connectivity index (χ0) is 14.1. The van der Waals surface area contributed by atoms with Gasteiger partial charge in [0, 0.05) is 0 Å². The van der Waals surface area contributed by atoms with Gasteiger partial charge in [-0.3, -0.25) is 0 Å². The highest BCUT2D eigenvalue weighted by atomic mass is 14.8. The Morgan fingerprint density at radius 3 is 2.47 bits per heavy atom. The van der Waals surface area contributed by atoms with E-state index < -0.39 is 0 Å². The van der Waals surface area contributed by atoms with Crippen molar-refractivity contribution in [3.05, 3.63) is 0 Å². The summed E-state index contributed by atoms with van der Waals surface area (Å²) in [6, 6.07) is 0. The molecule has 1 aliphatic rings. The molecular formula is C18H37N. The summed E-state index contributed by atoms with van der Waals surface area (Å²) < 4.78 is 0. The van der Waals surface area contributed by atoms with E-state index in [-0.39, 0.29) is 0 Å². The number of nitrogens with one attached hydrogen (secondary N) is 1. The molecule has 1 nitrogen and oxygen atoms in total. The molecule has 0 aromatic heterocycles. The van der Waals surface area contributed by atoms with Crippen LogP contribution in [0.5, 0.6) is 0 Å². The van der Waals surface area contributed by atoms with Crippen molar-refractivity contribution in [3.63, 3.8) is 0 Å². The normalized spacial score (nSPS) is 27.9. The third-order valence-corrected chi connectivity index (χ3v) is 4.96. The highest BCUT2D eigenvalue weighted by Gasteiger charge is 2.29. The van der Waals surface area contributed by atoms with E-state index in [0.29, 0.717) is 0 Å². The smallest absolute Gasteiger partial charge is 0.00180 e. The second-order valence-corrected chi connectivity index (χ2v) is 7.12. The molecule has 0 heterocycles. The van der Waals surface area contributed by atoms with Crippen LogP contribution >= 0.6 is 0 Å². The Bertz CT molecular complexity index is 212. The molecule has 0 aromatic carbocycles. The third-order valence-electron chi connectivity index (χ3n) is 4.96. The molecule has 0 spiro atoms. The van der Waals surface area contributed by atoms with Crippen LogP contribution < -0.4 is 5.32 Å². The molecule has 3 unspecified atom stereocenters. The third kappa shape index (κ3) is 6.79. The lowest BCUT2D eigenvalue weighted by atomic mass is 9.70. The first-order valence-electron chi connectivity index (χ1n) is 8.88. The van der Waals surface area contributed by atoms with Crippen LogP contribution in [0.3, 0.4) is 0 Å². The Labute approximate surface area is 121 Å². The Morgan fingerprint density at radius 2 is 1.84 bits per heavy atom. The van der Waals surface area contributed by atoms with E-state index in [4.69, 9.17) is 0 Å². The topological polar surface area (TPSA) is 12.0 Å². The van der Waals surface area contributed by atoms with Crippen LogP contribution in [0.1, 0.15) is 79.1 Å². The monoisotopic (exact) mass is 267 g/mol. The molecule has 1 saturated carbocycles. The van der Waals surface area contributed by atoms with Gasteiger partial charge >= 0.3 is 0 Å². The Kier molecular flexibility index (Phi) is 8.77. The first kappa shape index (κ1) is 17.0. The molecule has 19 heavy (non-hydrogen) atoms. The van der Waals surface area contributed by atoms with Gasteiger partial charge in [0.05, 0.1) is 0 Å². The van der Waals surface area contributed by atoms with Crippen molar-refractivity contribution in [2.45, 2.75) is 79.1 Å². The Morgan fingerprint density at radius 1 is 1.05 bits per heavy atom. The highest BCUT2D eigenvalue weighted by Crippen LogP contribution is 2.38. The fourth-order valence-electron chi connectivity index (χ4n) is 3.83. The summed E-state index contributed by atoms with van der Waals surface area (Å²) in [6.45, 7) is 11.7. The summed E-state index contributed by atoms with van der Waals surface area (Å²) >= 11 is 0. The summed E-state index contributed by atoms with van der Waals surface area (Å²) in [5.41, 5.74) is 0. The van der Waals surface area contributed by atoms with Crippen LogP contribution in [-0.4, -0.2) is 13.1 Å². The van der Waals surface area contributed by atoms with Crippen LogP contribution in [0, 0.1) is 23.7 Å². The van der Waals surface area contributed by atoms with Crippen molar-refractivity contribution in [1.82, 2.24) is 5.32 Å². The Hall–Kier alpha value is -0.0400. The average molecular weight is 268 g/mol. The standard InChI is InChI=1S/C18H37N/c1-5-8-16-11-12-18(14-19-6-2)17(13-16)10-7-9-15(3)4/h15-19H,5-14H2,1-4H3. The molecule has 114 valence electrons. The quantitative estimate of drug-likeness (QED) is 0.601. The van der Waals surface area contributed by atoms with Gasteiger partial charge in [0.15, 0.2) is 0 Å². The largest absolute Gasteiger partial charge is 0.317 e. The lowest BCUT2D eigenvalue weighted by Crippen LogP contribution is -2.33. The molecule has 0 aromatic rings. The van der Waals surface area contributed by atoms with E-state index >= 15 is 0 Å². The fraction of sp³-hybridized carbons (Fsp3) is 1.00. The summed E-state index contributed by atoms with van der Waals surface area (Å²) in [6.07, 6.45) is 11.7. The zero-order valence-electron chi connectivity index (χ0n) is 13.9. The van der Waals surface area contributed by atoms with Gasteiger partial charge in [0.25, 0.3) is 0 Å². The van der Waals surface area contributed by atoms with Crippen molar-refractivity contribution in [3.8, 4) is 0 Å². The minimum absolute atomic E-state index is 0.877. The maximum atomic E-state index is 3.59. The van der Waals surface area contributed by atoms with Crippen molar-refractivity contribution in [1.29, 1.82) is 0 Å². The molecule has 1 aliphatic carbocycles. The summed E-state index contributed by atoms with van der Waals surface area (Å²) in [5.74, 6) is 3.87. The molecule has 1 heteroatoms. The highest BCUT2D eigenvalue weighted by molar-refractivity contribution is 4.81. The fourth-order valence-corrected chi connectivity index (χ4v) is 3.83. The van der Waals surface area contributed by atoms with E-state index in [0.717, 1.165) is 30.2 Å². The van der Waals surface area contributed by atoms with E-state index in [2.05, 4.69) is 33.0 Å². The van der Waals surface area contributed by atoms with Gasteiger partial charge in [-0.2, -0.15) is 0 Å². The van der Waals surface area contributed by atoms with Crippen LogP contribution in [0.15, 0.2) is 0 Å². The molecule has 1 rings (SSSR count). The van der Waals surface area contributed by atoms with Crippen molar-refractivity contribution < 1.29 is 0 Å². The first-order chi connectivity index (χ1) is 9.17. The molecule has 1 N–H and O–H groups in total. The second kappa shape index (κ2) is 9.80. The van der Waals surface area contributed by atoms with Gasteiger partial charge in [-0.25, -0.2) is 0 Å². The van der Waals surface area contributed by atoms with Crippen LogP contribution in [0.25, 0.3) is 0 Å². The average Bonchev–Trinajstić information content (AvgIpc) is 2.38. The summed E-state index contributed by atoms with van der Waals surface area (Å²) in [4.78, 5) is 0. The first-order valence-corrected chi connectivity index (χ1v) is 8.88. The second-order valence-electron chi connectivity index (χ2n) is 7.12. The maximum absolute atomic E-state index is 3.59. The predicted octanol–water partition coefficient (Wildman–Crippen LogP) is 5.25. The van der Waals surface area contributed by atoms with Crippen molar-refractivity contribution >= 4 is 0 Å². The number of rotatable bonds is 9. The van der Waals surface area contributed by atoms with Gasteiger partial charge in [-0.05, 0) is 49.6 Å². The molecule has 1 fully saturated rings. The molecule has 0 saturated heterocycles. The van der Waals surface area contributed by atoms with Crippen LogP contribution in [0.4, 0.5) is 0 Å². The molecule has 3 atom stereocenters. The minimum Gasteiger partial charge on any atom is -0.317 e. The van der Waals surface area contributed by atoms with Gasteiger partial charge in [-0.15, -0.1) is 0 Å². The van der Waals surface area contributed by atoms with E-state index in [9.17, 15) is 0 Å². The molecule has 0 amide bonds. The molecule has 0 aliphatic heterocycles. The molecule has 0 bridgehead atoms. The zero-order valence-corrected chi connectivity index (χ0v) is 13.9. The number of hydrogen-bond donors (Lipinski definition) is 1. The van der Waals surface area contributed by atoms with E-state index in [1.807, 2.05) is 0 Å². The van der Waals surface area contributed by atoms with Gasteiger partial charge in [0.1, 0.15) is 0 Å². The lowest BCUT2D eigenvalue weighted by Gasteiger charge is -2.36. The summed E-state index contributed by atoms with van der Waals surface area (Å²) in [5, 5.41) is 3.59. The van der Waals surface area contributed by atoms with Gasteiger partial charge in [0.2, 0.25) is 0 Å². The number of hydrogen-bond acceptors (Lipinski definition) is 1. The SMILES string of the molecule is CCCC1CCC(CNCC)C(CCCC(C)C)C1.